The standard InChI is InChI=1S/C23H28N2O7S/c1-23(2,15-26)20(28)22(30)24-13-12-19(27)21(29)25-14-16-8-10-18(11-9-16)33(31,32)17-6-4-3-5-7-17/h3-11,20,26,28H,12-15H2,1-2H3,(H,24,30)(H,25,29)/t20-/m0/s1. The fraction of sp³-hybridized carbons (Fsp3) is 0.348. The van der Waals surface area contributed by atoms with Crippen molar-refractivity contribution in [3.63, 3.8) is 0 Å². The molecule has 0 aliphatic rings. The molecule has 0 aliphatic heterocycles. The molecule has 2 aromatic rings. The third-order valence-electron chi connectivity index (χ3n) is 5.04. The monoisotopic (exact) mass is 476 g/mol. The van der Waals surface area contributed by atoms with Gasteiger partial charge in [0.25, 0.3) is 5.91 Å². The molecule has 0 bridgehead atoms. The van der Waals surface area contributed by atoms with Crippen molar-refractivity contribution in [1.29, 1.82) is 0 Å². The maximum atomic E-state index is 12.6. The van der Waals surface area contributed by atoms with Crippen LogP contribution in [0.4, 0.5) is 0 Å². The summed E-state index contributed by atoms with van der Waals surface area (Å²) in [6.45, 7) is 2.50. The summed E-state index contributed by atoms with van der Waals surface area (Å²) in [6, 6.07) is 14.0. The molecule has 0 aliphatic carbocycles. The lowest BCUT2D eigenvalue weighted by Crippen LogP contribution is -2.46. The van der Waals surface area contributed by atoms with Gasteiger partial charge in [0.2, 0.25) is 21.5 Å². The van der Waals surface area contributed by atoms with Crippen LogP contribution < -0.4 is 10.6 Å². The first-order valence-corrected chi connectivity index (χ1v) is 11.7. The van der Waals surface area contributed by atoms with E-state index in [1.165, 1.54) is 38.1 Å². The van der Waals surface area contributed by atoms with Crippen LogP contribution in [0.2, 0.25) is 0 Å². The number of benzene rings is 2. The van der Waals surface area contributed by atoms with Crippen molar-refractivity contribution >= 4 is 27.4 Å². The molecule has 0 saturated heterocycles. The van der Waals surface area contributed by atoms with Crippen molar-refractivity contribution in [2.24, 2.45) is 5.41 Å². The number of carbonyl (C=O) groups is 3. The van der Waals surface area contributed by atoms with Crippen LogP contribution in [-0.4, -0.2) is 55.5 Å². The first kappa shape index (κ1) is 26.2. The van der Waals surface area contributed by atoms with Crippen LogP contribution in [0, 0.1) is 5.41 Å². The van der Waals surface area contributed by atoms with E-state index in [4.69, 9.17) is 0 Å². The molecule has 0 saturated carbocycles. The van der Waals surface area contributed by atoms with E-state index in [2.05, 4.69) is 10.6 Å². The van der Waals surface area contributed by atoms with Gasteiger partial charge in [-0.05, 0) is 29.8 Å². The van der Waals surface area contributed by atoms with Crippen LogP contribution in [0.25, 0.3) is 0 Å². The second-order valence-corrected chi connectivity index (χ2v) is 10.1. The summed E-state index contributed by atoms with van der Waals surface area (Å²) in [5.41, 5.74) is -0.438. The second kappa shape index (κ2) is 11.2. The number of Topliss-reactive ketones (excluding diaryl/α,β-unsaturated/α-hetero) is 1. The predicted octanol–water partition coefficient (Wildman–Crippen LogP) is 0.590. The Kier molecular flexibility index (Phi) is 8.86. The summed E-state index contributed by atoms with van der Waals surface area (Å²) in [5.74, 6) is -2.34. The number of sulfone groups is 1. The average molecular weight is 477 g/mol. The molecule has 10 heteroatoms. The Morgan fingerprint density at radius 1 is 0.939 bits per heavy atom. The maximum Gasteiger partial charge on any atom is 0.287 e. The average Bonchev–Trinajstić information content (AvgIpc) is 2.82. The van der Waals surface area contributed by atoms with Crippen molar-refractivity contribution in [2.45, 2.75) is 42.7 Å². The molecule has 2 aromatic carbocycles. The van der Waals surface area contributed by atoms with E-state index in [1.807, 2.05) is 0 Å². The van der Waals surface area contributed by atoms with Crippen LogP contribution in [0.5, 0.6) is 0 Å². The summed E-state index contributed by atoms with van der Waals surface area (Å²) in [7, 11) is -3.64. The van der Waals surface area contributed by atoms with Crippen LogP contribution in [0.1, 0.15) is 25.8 Å². The zero-order valence-electron chi connectivity index (χ0n) is 18.4. The molecule has 2 amide bonds. The topological polar surface area (TPSA) is 150 Å². The summed E-state index contributed by atoms with van der Waals surface area (Å²) in [4.78, 5) is 36.1. The molecule has 33 heavy (non-hydrogen) atoms. The maximum absolute atomic E-state index is 12.6. The van der Waals surface area contributed by atoms with E-state index < -0.39 is 45.6 Å². The molecule has 1 atom stereocenters. The Balaban J connectivity index is 1.83. The first-order chi connectivity index (χ1) is 15.5. The zero-order chi connectivity index (χ0) is 24.6. The Morgan fingerprint density at radius 2 is 1.52 bits per heavy atom. The van der Waals surface area contributed by atoms with E-state index in [-0.39, 0.29) is 29.3 Å². The normalized spacial score (nSPS) is 12.6. The minimum absolute atomic E-state index is 0.0198. The molecule has 0 unspecified atom stereocenters. The highest BCUT2D eigenvalue weighted by molar-refractivity contribution is 7.91. The number of carbonyl (C=O) groups excluding carboxylic acids is 3. The van der Waals surface area contributed by atoms with Gasteiger partial charge in [-0.25, -0.2) is 8.42 Å². The van der Waals surface area contributed by atoms with Crippen LogP contribution in [0.15, 0.2) is 64.4 Å². The molecular weight excluding hydrogens is 448 g/mol. The van der Waals surface area contributed by atoms with E-state index in [0.717, 1.165) is 0 Å². The SMILES string of the molecule is CC(C)(CO)[C@@H](O)C(=O)NCCC(=O)C(=O)NCc1ccc(S(=O)(=O)c2ccccc2)cc1. The molecule has 0 heterocycles. The Labute approximate surface area is 192 Å². The number of rotatable bonds is 11. The molecule has 4 N–H and O–H groups in total. The van der Waals surface area contributed by atoms with Gasteiger partial charge in [-0.2, -0.15) is 0 Å². The largest absolute Gasteiger partial charge is 0.396 e. The second-order valence-electron chi connectivity index (χ2n) is 8.16. The summed E-state index contributed by atoms with van der Waals surface area (Å²) in [5, 5.41) is 23.9. The van der Waals surface area contributed by atoms with Crippen LogP contribution in [0.3, 0.4) is 0 Å². The smallest absolute Gasteiger partial charge is 0.287 e. The minimum atomic E-state index is -3.64. The Morgan fingerprint density at radius 3 is 2.09 bits per heavy atom. The quantitative estimate of drug-likeness (QED) is 0.347. The highest BCUT2D eigenvalue weighted by atomic mass is 32.2. The van der Waals surface area contributed by atoms with Gasteiger partial charge < -0.3 is 20.8 Å². The highest BCUT2D eigenvalue weighted by Crippen LogP contribution is 2.21. The van der Waals surface area contributed by atoms with Gasteiger partial charge in [0.05, 0.1) is 16.4 Å². The molecule has 0 radical (unpaired) electrons. The number of nitrogens with one attached hydrogen (secondary N) is 2. The summed E-state index contributed by atoms with van der Waals surface area (Å²) in [6.07, 6.45) is -1.72. The van der Waals surface area contributed by atoms with E-state index in [0.29, 0.717) is 5.56 Å². The lowest BCUT2D eigenvalue weighted by atomic mass is 9.87. The lowest BCUT2D eigenvalue weighted by molar-refractivity contribution is -0.139. The third-order valence-corrected chi connectivity index (χ3v) is 6.83. The van der Waals surface area contributed by atoms with Gasteiger partial charge in [-0.1, -0.05) is 44.2 Å². The lowest BCUT2D eigenvalue weighted by Gasteiger charge is -2.27. The number of aliphatic hydroxyl groups excluding tert-OH is 2. The van der Waals surface area contributed by atoms with Crippen molar-refractivity contribution in [1.82, 2.24) is 10.6 Å². The fourth-order valence-electron chi connectivity index (χ4n) is 2.75. The third kappa shape index (κ3) is 6.95. The fourth-order valence-corrected chi connectivity index (χ4v) is 4.04. The molecule has 9 nitrogen and oxygen atoms in total. The number of ketones is 1. The van der Waals surface area contributed by atoms with Crippen molar-refractivity contribution in [2.75, 3.05) is 13.2 Å². The van der Waals surface area contributed by atoms with Crippen molar-refractivity contribution in [3.05, 3.63) is 60.2 Å². The summed E-state index contributed by atoms with van der Waals surface area (Å²) < 4.78 is 25.2. The molecule has 178 valence electrons. The van der Waals surface area contributed by atoms with E-state index >= 15 is 0 Å². The number of aliphatic hydroxyl groups is 2. The molecule has 0 fully saturated rings. The van der Waals surface area contributed by atoms with Gasteiger partial charge in [0.1, 0.15) is 6.10 Å². The van der Waals surface area contributed by atoms with Gasteiger partial charge in [0, 0.05) is 24.9 Å². The predicted molar refractivity (Wildman–Crippen MR) is 120 cm³/mol. The first-order valence-electron chi connectivity index (χ1n) is 10.3. The molecule has 0 aromatic heterocycles. The van der Waals surface area contributed by atoms with Gasteiger partial charge in [-0.3, -0.25) is 14.4 Å². The molecule has 0 spiro atoms. The minimum Gasteiger partial charge on any atom is -0.396 e. The molecule has 2 rings (SSSR count). The molecular formula is C23H28N2O7S. The number of hydrogen-bond acceptors (Lipinski definition) is 7. The highest BCUT2D eigenvalue weighted by Gasteiger charge is 2.32. The van der Waals surface area contributed by atoms with E-state index in [1.54, 1.807) is 30.3 Å². The van der Waals surface area contributed by atoms with Crippen LogP contribution in [-0.2, 0) is 30.8 Å². The Bertz CT molecular complexity index is 1080. The zero-order valence-corrected chi connectivity index (χ0v) is 19.3. The van der Waals surface area contributed by atoms with Crippen molar-refractivity contribution < 1.29 is 33.0 Å². The van der Waals surface area contributed by atoms with Gasteiger partial charge >= 0.3 is 0 Å². The van der Waals surface area contributed by atoms with Crippen molar-refractivity contribution in [3.8, 4) is 0 Å². The summed E-state index contributed by atoms with van der Waals surface area (Å²) >= 11 is 0. The van der Waals surface area contributed by atoms with Gasteiger partial charge in [0.15, 0.2) is 0 Å². The Hall–Kier alpha value is -3.08. The van der Waals surface area contributed by atoms with Crippen LogP contribution >= 0.6 is 0 Å². The number of hydrogen-bond donors (Lipinski definition) is 4. The van der Waals surface area contributed by atoms with Gasteiger partial charge in [-0.15, -0.1) is 0 Å². The number of amides is 2. The van der Waals surface area contributed by atoms with E-state index in [9.17, 15) is 33.0 Å².